The molecule has 10 heteroatoms. The van der Waals surface area contributed by atoms with Crippen molar-refractivity contribution in [3.63, 3.8) is 0 Å². The van der Waals surface area contributed by atoms with Gasteiger partial charge in [0.05, 0.1) is 0 Å². The highest BCUT2D eigenvalue weighted by Crippen LogP contribution is 1.64. The highest BCUT2D eigenvalue weighted by atomic mass is 16.4. The fourth-order valence-electron chi connectivity index (χ4n) is 0.215. The fraction of sp³-hybridized carbons (Fsp3) is 0. The number of nitrogens with zero attached hydrogens (tertiary/aromatic N) is 1. The minimum absolute atomic E-state index is 1.69. The Bertz CT molecular complexity index is 306. The van der Waals surface area contributed by atoms with Gasteiger partial charge in [0.15, 0.2) is 0 Å². The number of hydrogen-bond acceptors (Lipinski definition) is 5. The molecule has 17 heavy (non-hydrogen) atoms. The van der Waals surface area contributed by atoms with E-state index in [1.54, 1.807) is 12.4 Å². The number of hydrogen-bond donors (Lipinski definition) is 5. The van der Waals surface area contributed by atoms with Crippen molar-refractivity contribution >= 4 is 23.9 Å². The first kappa shape index (κ1) is 16.5. The Hall–Kier alpha value is -2.91. The molecule has 10 nitrogen and oxygen atoms in total. The predicted molar refractivity (Wildman–Crippen MR) is 49.1 cm³/mol. The summed E-state index contributed by atoms with van der Waals surface area (Å²) < 4.78 is 0. The van der Waals surface area contributed by atoms with Crippen molar-refractivity contribution in [1.82, 2.24) is 10.2 Å². The summed E-state index contributed by atoms with van der Waals surface area (Å²) in [7, 11) is 0. The van der Waals surface area contributed by atoms with Gasteiger partial charge < -0.3 is 20.4 Å². The van der Waals surface area contributed by atoms with Gasteiger partial charge in [-0.05, 0) is 6.07 Å². The van der Waals surface area contributed by atoms with Crippen LogP contribution in [0, 0.1) is 0 Å². The number of rotatable bonds is 0. The van der Waals surface area contributed by atoms with Crippen molar-refractivity contribution in [2.24, 2.45) is 0 Å². The van der Waals surface area contributed by atoms with Crippen LogP contribution < -0.4 is 0 Å². The monoisotopic (exact) mass is 248 g/mol. The average Bonchev–Trinajstić information content (AvgIpc) is 2.75. The summed E-state index contributed by atoms with van der Waals surface area (Å²) in [6.45, 7) is 0. The smallest absolute Gasteiger partial charge is 0.414 e. The predicted octanol–water partition coefficient (Wildman–Crippen LogP) is -1.28. The molecule has 0 aliphatic carbocycles. The second-order valence-electron chi connectivity index (χ2n) is 1.99. The number of nitrogens with one attached hydrogen (secondary N) is 1. The van der Waals surface area contributed by atoms with Crippen molar-refractivity contribution in [3.05, 3.63) is 18.5 Å². The molecule has 0 unspecified atom stereocenters. The Morgan fingerprint density at radius 3 is 1.24 bits per heavy atom. The molecule has 0 aliphatic heterocycles. The maximum atomic E-state index is 9.10. The van der Waals surface area contributed by atoms with Crippen molar-refractivity contribution in [2.45, 2.75) is 0 Å². The molecule has 0 fully saturated rings. The van der Waals surface area contributed by atoms with Gasteiger partial charge in [-0.3, -0.25) is 5.10 Å². The molecule has 0 saturated heterocycles. The Kier molecular flexibility index (Phi) is 9.36. The third-order valence-electron chi connectivity index (χ3n) is 0.772. The molecule has 0 aromatic carbocycles. The van der Waals surface area contributed by atoms with E-state index in [0.717, 1.165) is 0 Å². The number of aromatic nitrogens is 2. The van der Waals surface area contributed by atoms with E-state index in [-0.39, 0.29) is 0 Å². The molecule has 0 saturated carbocycles. The van der Waals surface area contributed by atoms with Crippen LogP contribution in [0.2, 0.25) is 0 Å². The van der Waals surface area contributed by atoms with Gasteiger partial charge in [0.1, 0.15) is 0 Å². The van der Waals surface area contributed by atoms with E-state index in [1.807, 2.05) is 6.07 Å². The van der Waals surface area contributed by atoms with Crippen LogP contribution in [0.4, 0.5) is 0 Å². The molecule has 1 aromatic heterocycles. The van der Waals surface area contributed by atoms with E-state index in [9.17, 15) is 0 Å². The lowest BCUT2D eigenvalue weighted by Crippen LogP contribution is -2.09. The molecule has 1 heterocycles. The largest absolute Gasteiger partial charge is 0.473 e. The van der Waals surface area contributed by atoms with Crippen molar-refractivity contribution < 1.29 is 39.6 Å². The molecule has 5 N–H and O–H groups in total. The lowest BCUT2D eigenvalue weighted by molar-refractivity contribution is -0.159. The van der Waals surface area contributed by atoms with Crippen LogP contribution in [0.5, 0.6) is 0 Å². The minimum atomic E-state index is -1.82. The summed E-state index contributed by atoms with van der Waals surface area (Å²) in [6, 6.07) is 1.83. The van der Waals surface area contributed by atoms with Crippen LogP contribution in [-0.2, 0) is 19.2 Å². The van der Waals surface area contributed by atoms with Crippen molar-refractivity contribution in [2.75, 3.05) is 0 Å². The number of carboxylic acids is 4. The van der Waals surface area contributed by atoms with Crippen LogP contribution >= 0.6 is 0 Å². The second kappa shape index (κ2) is 9.64. The first-order chi connectivity index (χ1) is 7.79. The summed E-state index contributed by atoms with van der Waals surface area (Å²) in [6.07, 6.45) is 3.46. The standard InChI is InChI=1S/C3H4N2.2C2H2O4/c1-2-4-5-3-1;2*3-1(4)2(5)6/h1-3H,(H,4,5);2*(H,3,4)(H,5,6). The fourth-order valence-corrected chi connectivity index (χ4v) is 0.215. The maximum absolute atomic E-state index is 9.10. The third-order valence-corrected chi connectivity index (χ3v) is 0.772. The van der Waals surface area contributed by atoms with Gasteiger partial charge in [-0.2, -0.15) is 5.10 Å². The molecule has 94 valence electrons. The highest BCUT2D eigenvalue weighted by Gasteiger charge is 2.04. The lowest BCUT2D eigenvalue weighted by atomic mass is 10.7. The van der Waals surface area contributed by atoms with Crippen LogP contribution in [0.25, 0.3) is 0 Å². The van der Waals surface area contributed by atoms with Gasteiger partial charge in [0.25, 0.3) is 0 Å². The molecular formula is C7H8N2O8. The number of carbonyl (C=O) groups is 4. The normalized spacial score (nSPS) is 7.53. The van der Waals surface area contributed by atoms with Crippen LogP contribution in [0.3, 0.4) is 0 Å². The molecule has 1 rings (SSSR count). The Balaban J connectivity index is 0. The number of H-pyrrole nitrogens is 1. The van der Waals surface area contributed by atoms with E-state index < -0.39 is 23.9 Å². The molecule has 0 atom stereocenters. The first-order valence-corrected chi connectivity index (χ1v) is 3.65. The van der Waals surface area contributed by atoms with Gasteiger partial charge >= 0.3 is 23.9 Å². The molecule has 0 bridgehead atoms. The van der Waals surface area contributed by atoms with Crippen molar-refractivity contribution in [3.8, 4) is 0 Å². The van der Waals surface area contributed by atoms with Gasteiger partial charge in [0.2, 0.25) is 0 Å². The summed E-state index contributed by atoms with van der Waals surface area (Å²) in [5.41, 5.74) is 0. The summed E-state index contributed by atoms with van der Waals surface area (Å²) in [5, 5.41) is 35.8. The molecular weight excluding hydrogens is 240 g/mol. The van der Waals surface area contributed by atoms with E-state index >= 15 is 0 Å². The number of aliphatic carboxylic acids is 4. The molecule has 0 spiro atoms. The van der Waals surface area contributed by atoms with Crippen LogP contribution in [0.15, 0.2) is 18.5 Å². The van der Waals surface area contributed by atoms with E-state index in [2.05, 4.69) is 10.2 Å². The number of aromatic amines is 1. The maximum Gasteiger partial charge on any atom is 0.414 e. The molecule has 1 aromatic rings. The Labute approximate surface area is 93.1 Å². The van der Waals surface area contributed by atoms with Gasteiger partial charge in [0, 0.05) is 12.4 Å². The summed E-state index contributed by atoms with van der Waals surface area (Å²) >= 11 is 0. The van der Waals surface area contributed by atoms with E-state index in [1.165, 1.54) is 0 Å². The minimum Gasteiger partial charge on any atom is -0.473 e. The summed E-state index contributed by atoms with van der Waals surface area (Å²) in [5.74, 6) is -7.30. The molecule has 0 aliphatic rings. The van der Waals surface area contributed by atoms with Crippen LogP contribution in [0.1, 0.15) is 0 Å². The third kappa shape index (κ3) is 15.8. The molecule has 0 amide bonds. The molecule has 0 radical (unpaired) electrons. The average molecular weight is 248 g/mol. The Morgan fingerprint density at radius 2 is 1.18 bits per heavy atom. The van der Waals surface area contributed by atoms with Gasteiger partial charge in [-0.25, -0.2) is 19.2 Å². The topological polar surface area (TPSA) is 178 Å². The highest BCUT2D eigenvalue weighted by molar-refractivity contribution is 6.27. The van der Waals surface area contributed by atoms with Crippen LogP contribution in [-0.4, -0.2) is 54.5 Å². The summed E-state index contributed by atoms with van der Waals surface area (Å²) in [4.78, 5) is 36.4. The van der Waals surface area contributed by atoms with E-state index in [4.69, 9.17) is 39.6 Å². The lowest BCUT2D eigenvalue weighted by Gasteiger charge is -1.72. The zero-order chi connectivity index (χ0) is 13.8. The van der Waals surface area contributed by atoms with Crippen molar-refractivity contribution in [1.29, 1.82) is 0 Å². The van der Waals surface area contributed by atoms with Gasteiger partial charge in [-0.15, -0.1) is 0 Å². The first-order valence-electron chi connectivity index (χ1n) is 3.65. The zero-order valence-corrected chi connectivity index (χ0v) is 8.10. The second-order valence-corrected chi connectivity index (χ2v) is 1.99. The zero-order valence-electron chi connectivity index (χ0n) is 8.10. The van der Waals surface area contributed by atoms with Gasteiger partial charge in [-0.1, -0.05) is 0 Å². The quantitative estimate of drug-likeness (QED) is 0.349. The number of carboxylic acid groups (broad SMARTS) is 4. The SMILES string of the molecule is O=C(O)C(=O)O.O=C(O)C(=O)O.c1cn[nH]c1. The Morgan fingerprint density at radius 1 is 0.824 bits per heavy atom. The van der Waals surface area contributed by atoms with E-state index in [0.29, 0.717) is 0 Å².